The Bertz CT molecular complexity index is 934. The van der Waals surface area contributed by atoms with E-state index in [1.165, 1.54) is 0 Å². The molecule has 4 rings (SSSR count). The first-order chi connectivity index (χ1) is 15.1. The largest absolute Gasteiger partial charge is 0.346 e. The average Bonchev–Trinajstić information content (AvgIpc) is 3.41. The van der Waals surface area contributed by atoms with E-state index >= 15 is 0 Å². The maximum atomic E-state index is 12.7. The molecular formula is C22H31N5O2S2. The van der Waals surface area contributed by atoms with Crippen LogP contribution in [0.1, 0.15) is 44.0 Å². The van der Waals surface area contributed by atoms with Gasteiger partial charge in [0.2, 0.25) is 5.91 Å². The van der Waals surface area contributed by atoms with Gasteiger partial charge in [-0.1, -0.05) is 18.6 Å². The second-order valence-electron chi connectivity index (χ2n) is 8.29. The number of rotatable bonds is 10. The SMILES string of the molecule is CSCC[C@H](NC(=O)CCCC[C@@H]1SC[C@@H]2NC(=O)N[C@H]21)c1nc2ccccc2n1C. The molecule has 2 saturated heterocycles. The van der Waals surface area contributed by atoms with Crippen LogP contribution in [-0.4, -0.2) is 56.6 Å². The van der Waals surface area contributed by atoms with Gasteiger partial charge in [0.15, 0.2) is 0 Å². The maximum Gasteiger partial charge on any atom is 0.315 e. The summed E-state index contributed by atoms with van der Waals surface area (Å²) in [4.78, 5) is 29.0. The van der Waals surface area contributed by atoms with Gasteiger partial charge in [-0.3, -0.25) is 4.79 Å². The Labute approximate surface area is 191 Å². The van der Waals surface area contributed by atoms with Crippen molar-refractivity contribution in [1.29, 1.82) is 0 Å². The summed E-state index contributed by atoms with van der Waals surface area (Å²) < 4.78 is 2.10. The number of para-hydroxylation sites is 2. The fourth-order valence-electron chi connectivity index (χ4n) is 4.52. The predicted molar refractivity (Wildman–Crippen MR) is 129 cm³/mol. The second kappa shape index (κ2) is 10.2. The van der Waals surface area contributed by atoms with Crippen molar-refractivity contribution in [2.24, 2.45) is 7.05 Å². The van der Waals surface area contributed by atoms with E-state index < -0.39 is 0 Å². The summed E-state index contributed by atoms with van der Waals surface area (Å²) in [5.74, 6) is 2.95. The number of nitrogens with zero attached hydrogens (tertiary/aromatic N) is 2. The molecular weight excluding hydrogens is 430 g/mol. The molecule has 3 amide bonds. The minimum Gasteiger partial charge on any atom is -0.346 e. The summed E-state index contributed by atoms with van der Waals surface area (Å²) in [5.41, 5.74) is 2.05. The van der Waals surface area contributed by atoms with Crippen LogP contribution in [0.2, 0.25) is 0 Å². The molecule has 0 aliphatic carbocycles. The van der Waals surface area contributed by atoms with Crippen LogP contribution in [0.5, 0.6) is 0 Å². The van der Waals surface area contributed by atoms with Crippen LogP contribution in [0.4, 0.5) is 4.79 Å². The molecule has 1 aromatic carbocycles. The van der Waals surface area contributed by atoms with Crippen molar-refractivity contribution in [2.45, 2.75) is 55.5 Å². The number of imidazole rings is 1. The average molecular weight is 462 g/mol. The summed E-state index contributed by atoms with van der Waals surface area (Å²) in [6.07, 6.45) is 6.35. The number of aryl methyl sites for hydroxylation is 1. The van der Waals surface area contributed by atoms with E-state index in [0.29, 0.717) is 11.7 Å². The van der Waals surface area contributed by atoms with Gasteiger partial charge in [-0.25, -0.2) is 9.78 Å². The number of carbonyl (C=O) groups is 2. The smallest absolute Gasteiger partial charge is 0.315 e. The lowest BCUT2D eigenvalue weighted by molar-refractivity contribution is -0.122. The lowest BCUT2D eigenvalue weighted by atomic mass is 10.0. The third kappa shape index (κ3) is 5.14. The zero-order chi connectivity index (χ0) is 21.8. The minimum atomic E-state index is -0.0803. The van der Waals surface area contributed by atoms with Crippen LogP contribution in [0.25, 0.3) is 11.0 Å². The van der Waals surface area contributed by atoms with E-state index in [1.807, 2.05) is 37.0 Å². The van der Waals surface area contributed by atoms with E-state index in [2.05, 4.69) is 32.8 Å². The Morgan fingerprint density at radius 3 is 3.00 bits per heavy atom. The van der Waals surface area contributed by atoms with Crippen LogP contribution in [0, 0.1) is 0 Å². The standard InChI is InChI=1S/C22H31N5O2S2/c1-27-17-8-4-3-7-14(17)24-21(27)15(11-12-30-2)23-19(28)10-6-5-9-18-20-16(13-31-18)25-22(29)26-20/h3-4,7-8,15-16,18,20H,5-6,9-13H2,1-2H3,(H,23,28)(H2,25,26,29)/t15-,16-,18-,20+/m0/s1. The molecule has 9 heteroatoms. The molecule has 2 fully saturated rings. The van der Waals surface area contributed by atoms with Gasteiger partial charge in [0.05, 0.1) is 29.2 Å². The number of urea groups is 1. The van der Waals surface area contributed by atoms with E-state index in [1.54, 1.807) is 11.8 Å². The van der Waals surface area contributed by atoms with Crippen LogP contribution in [0.3, 0.4) is 0 Å². The minimum absolute atomic E-state index is 0.0436. The lowest BCUT2D eigenvalue weighted by Gasteiger charge is -2.19. The highest BCUT2D eigenvalue weighted by molar-refractivity contribution is 8.00. The molecule has 1 aromatic heterocycles. The first-order valence-corrected chi connectivity index (χ1v) is 13.4. The summed E-state index contributed by atoms with van der Waals surface area (Å²) in [5, 5.41) is 9.69. The van der Waals surface area contributed by atoms with Crippen LogP contribution < -0.4 is 16.0 Å². The normalized spacial score (nSPS) is 23.4. The molecule has 0 saturated carbocycles. The molecule has 7 nitrogen and oxygen atoms in total. The van der Waals surface area contributed by atoms with Gasteiger partial charge in [0.1, 0.15) is 5.82 Å². The van der Waals surface area contributed by atoms with E-state index in [4.69, 9.17) is 4.98 Å². The molecule has 31 heavy (non-hydrogen) atoms. The quantitative estimate of drug-likeness (QED) is 0.374. The predicted octanol–water partition coefficient (Wildman–Crippen LogP) is 3.21. The van der Waals surface area contributed by atoms with Crippen molar-refractivity contribution in [3.05, 3.63) is 30.1 Å². The fourth-order valence-corrected chi connectivity index (χ4v) is 6.53. The molecule has 0 unspecified atom stereocenters. The first kappa shape index (κ1) is 22.3. The van der Waals surface area contributed by atoms with Crippen LogP contribution >= 0.6 is 23.5 Å². The summed E-state index contributed by atoms with van der Waals surface area (Å²) in [6.45, 7) is 0. The molecule has 2 aliphatic heterocycles. The van der Waals surface area contributed by atoms with Gasteiger partial charge in [-0.15, -0.1) is 0 Å². The van der Waals surface area contributed by atoms with Gasteiger partial charge in [0, 0.05) is 24.5 Å². The van der Waals surface area contributed by atoms with E-state index in [-0.39, 0.29) is 30.1 Å². The van der Waals surface area contributed by atoms with E-state index in [0.717, 1.165) is 54.0 Å². The molecule has 168 valence electrons. The van der Waals surface area contributed by atoms with Crippen molar-refractivity contribution in [2.75, 3.05) is 17.8 Å². The monoisotopic (exact) mass is 461 g/mol. The number of unbranched alkanes of at least 4 members (excludes halogenated alkanes) is 1. The number of hydrogen-bond donors (Lipinski definition) is 3. The summed E-state index contributed by atoms with van der Waals surface area (Å²) in [7, 11) is 2.02. The summed E-state index contributed by atoms with van der Waals surface area (Å²) >= 11 is 3.71. The number of carbonyl (C=O) groups excluding carboxylic acids is 2. The van der Waals surface area contributed by atoms with E-state index in [9.17, 15) is 9.59 Å². The zero-order valence-electron chi connectivity index (χ0n) is 18.1. The summed E-state index contributed by atoms with van der Waals surface area (Å²) in [6, 6.07) is 8.46. The highest BCUT2D eigenvalue weighted by atomic mass is 32.2. The number of benzene rings is 1. The Morgan fingerprint density at radius 1 is 1.35 bits per heavy atom. The molecule has 3 N–H and O–H groups in total. The molecule has 0 bridgehead atoms. The highest BCUT2D eigenvalue weighted by Crippen LogP contribution is 2.33. The number of fused-ring (bicyclic) bond motifs is 2. The van der Waals surface area contributed by atoms with Gasteiger partial charge >= 0.3 is 6.03 Å². The van der Waals surface area contributed by atoms with Gasteiger partial charge < -0.3 is 20.5 Å². The number of nitrogens with one attached hydrogen (secondary N) is 3. The number of aromatic nitrogens is 2. The molecule has 0 spiro atoms. The highest BCUT2D eigenvalue weighted by Gasteiger charge is 2.42. The van der Waals surface area contributed by atoms with Gasteiger partial charge in [-0.2, -0.15) is 23.5 Å². The van der Waals surface area contributed by atoms with Gasteiger partial charge in [-0.05, 0) is 43.4 Å². The van der Waals surface area contributed by atoms with Crippen molar-refractivity contribution < 1.29 is 9.59 Å². The van der Waals surface area contributed by atoms with Crippen molar-refractivity contribution in [3.63, 3.8) is 0 Å². The number of thioether (sulfide) groups is 2. The Hall–Kier alpha value is -1.87. The molecule has 3 heterocycles. The Morgan fingerprint density at radius 2 is 2.19 bits per heavy atom. The molecule has 0 radical (unpaired) electrons. The fraction of sp³-hybridized carbons (Fsp3) is 0.591. The Kier molecular flexibility index (Phi) is 7.32. The van der Waals surface area contributed by atoms with Crippen molar-refractivity contribution >= 4 is 46.5 Å². The molecule has 2 aliphatic rings. The van der Waals surface area contributed by atoms with Crippen molar-refractivity contribution in [3.8, 4) is 0 Å². The van der Waals surface area contributed by atoms with Crippen LogP contribution in [-0.2, 0) is 11.8 Å². The third-order valence-corrected chi connectivity index (χ3v) is 8.31. The maximum absolute atomic E-state index is 12.7. The van der Waals surface area contributed by atoms with Crippen LogP contribution in [0.15, 0.2) is 24.3 Å². The zero-order valence-corrected chi connectivity index (χ0v) is 19.7. The Balaban J connectivity index is 1.28. The first-order valence-electron chi connectivity index (χ1n) is 10.9. The second-order valence-corrected chi connectivity index (χ2v) is 10.5. The topological polar surface area (TPSA) is 88.1 Å². The number of amides is 3. The molecule has 2 aromatic rings. The molecule has 4 atom stereocenters. The van der Waals surface area contributed by atoms with Crippen molar-refractivity contribution in [1.82, 2.24) is 25.5 Å². The third-order valence-electron chi connectivity index (χ3n) is 6.16. The number of hydrogen-bond acceptors (Lipinski definition) is 5. The lowest BCUT2D eigenvalue weighted by Crippen LogP contribution is -2.36. The van der Waals surface area contributed by atoms with Gasteiger partial charge in [0.25, 0.3) is 0 Å².